The minimum atomic E-state index is -0.386. The lowest BCUT2D eigenvalue weighted by molar-refractivity contribution is -0.138. The number of carbonyl (C=O) groups excluding carboxylic acids is 1. The van der Waals surface area contributed by atoms with E-state index < -0.39 is 0 Å². The van der Waals surface area contributed by atoms with Crippen LogP contribution in [0.25, 0.3) is 0 Å². The van der Waals surface area contributed by atoms with Gasteiger partial charge in [0.1, 0.15) is 0 Å². The zero-order valence-electron chi connectivity index (χ0n) is 9.16. The Morgan fingerprint density at radius 1 is 1.44 bits per heavy atom. The number of esters is 1. The molecule has 0 spiro atoms. The van der Waals surface area contributed by atoms with E-state index in [0.29, 0.717) is 12.2 Å². The van der Waals surface area contributed by atoms with Gasteiger partial charge in [0, 0.05) is 4.47 Å². The van der Waals surface area contributed by atoms with E-state index in [1.807, 2.05) is 24.3 Å². The van der Waals surface area contributed by atoms with Crippen LogP contribution < -0.4 is 0 Å². The van der Waals surface area contributed by atoms with Gasteiger partial charge in [-0.2, -0.15) is 0 Å². The second-order valence-corrected chi connectivity index (χ2v) is 3.96. The van der Waals surface area contributed by atoms with Gasteiger partial charge in [0.2, 0.25) is 0 Å². The summed E-state index contributed by atoms with van der Waals surface area (Å²) in [6.07, 6.45) is 0. The molecule has 1 aromatic rings. The van der Waals surface area contributed by atoms with Gasteiger partial charge in [-0.25, -0.2) is 9.79 Å². The number of halogens is 1. The average molecular weight is 282 g/mol. The topological polar surface area (TPSA) is 38.7 Å². The largest absolute Gasteiger partial charge is 0.462 e. The molecule has 0 aliphatic rings. The Kier molecular flexibility index (Phi) is 4.96. The third kappa shape index (κ3) is 4.01. The van der Waals surface area contributed by atoms with E-state index in [-0.39, 0.29) is 5.97 Å². The van der Waals surface area contributed by atoms with Crippen molar-refractivity contribution in [3.63, 3.8) is 0 Å². The third-order valence-corrected chi connectivity index (χ3v) is 2.29. The predicted octanol–water partition coefficient (Wildman–Crippen LogP) is 3.26. The van der Waals surface area contributed by atoms with Crippen molar-refractivity contribution in [1.29, 1.82) is 0 Å². The Hall–Kier alpha value is -1.38. The lowest BCUT2D eigenvalue weighted by Crippen LogP contribution is -2.05. The Bertz CT molecular complexity index is 431. The van der Waals surface area contributed by atoms with E-state index in [1.54, 1.807) is 13.8 Å². The van der Waals surface area contributed by atoms with Crippen molar-refractivity contribution in [3.8, 4) is 0 Å². The highest BCUT2D eigenvalue weighted by Gasteiger charge is 2.02. The van der Waals surface area contributed by atoms with Crippen molar-refractivity contribution in [2.45, 2.75) is 13.8 Å². The van der Waals surface area contributed by atoms with Gasteiger partial charge < -0.3 is 4.74 Å². The molecule has 0 bridgehead atoms. The zero-order valence-corrected chi connectivity index (χ0v) is 10.7. The summed E-state index contributed by atoms with van der Waals surface area (Å²) >= 11 is 3.33. The lowest BCUT2D eigenvalue weighted by atomic mass is 10.3. The first-order valence-electron chi connectivity index (χ1n) is 4.86. The zero-order chi connectivity index (χ0) is 12.0. The van der Waals surface area contributed by atoms with Crippen LogP contribution in [0.15, 0.2) is 39.3 Å². The minimum Gasteiger partial charge on any atom is -0.462 e. The molecule has 0 saturated carbocycles. The van der Waals surface area contributed by atoms with Gasteiger partial charge in [0.05, 0.1) is 17.9 Å². The number of ether oxygens (including phenoxy) is 1. The summed E-state index contributed by atoms with van der Waals surface area (Å²) in [4.78, 5) is 15.3. The molecule has 0 radical (unpaired) electrons. The van der Waals surface area contributed by atoms with Crippen molar-refractivity contribution >= 4 is 33.5 Å². The molecular weight excluding hydrogens is 270 g/mol. The highest BCUT2D eigenvalue weighted by atomic mass is 79.9. The summed E-state index contributed by atoms with van der Waals surface area (Å²) < 4.78 is 5.79. The number of hydrogen-bond donors (Lipinski definition) is 0. The average Bonchev–Trinajstić information content (AvgIpc) is 2.28. The van der Waals surface area contributed by atoms with E-state index in [2.05, 4.69) is 26.8 Å². The van der Waals surface area contributed by atoms with E-state index in [1.165, 1.54) is 0 Å². The van der Waals surface area contributed by atoms with Crippen LogP contribution in [0.1, 0.15) is 13.8 Å². The van der Waals surface area contributed by atoms with E-state index in [0.717, 1.165) is 10.2 Å². The van der Waals surface area contributed by atoms with E-state index >= 15 is 0 Å². The summed E-state index contributed by atoms with van der Waals surface area (Å²) in [5.74, 6) is 2.27. The van der Waals surface area contributed by atoms with Crippen LogP contribution in [0, 0.1) is 0 Å². The summed E-state index contributed by atoms with van der Waals surface area (Å²) in [7, 11) is 0. The molecule has 16 heavy (non-hydrogen) atoms. The molecule has 0 N–H and O–H groups in total. The Morgan fingerprint density at radius 3 is 2.62 bits per heavy atom. The lowest BCUT2D eigenvalue weighted by Gasteiger charge is -1.97. The standard InChI is InChI=1S/C12H12BrNO2/c1-3-16-12(15)9(2)8-14-11-6-4-10(13)5-7-11/h4-7H,3H2,1-2H3. The maximum absolute atomic E-state index is 11.2. The molecule has 0 saturated heterocycles. The first-order valence-corrected chi connectivity index (χ1v) is 5.65. The Balaban J connectivity index is 2.82. The van der Waals surface area contributed by atoms with Crippen molar-refractivity contribution in [2.75, 3.05) is 6.61 Å². The highest BCUT2D eigenvalue weighted by Crippen LogP contribution is 2.15. The number of rotatable bonds is 3. The molecule has 0 atom stereocenters. The molecule has 0 unspecified atom stereocenters. The molecule has 1 rings (SSSR count). The number of nitrogens with zero attached hydrogens (tertiary/aromatic N) is 1. The summed E-state index contributed by atoms with van der Waals surface area (Å²) in [6.45, 7) is 3.74. The summed E-state index contributed by atoms with van der Waals surface area (Å²) in [5.41, 5.74) is 1.11. The molecule has 4 heteroatoms. The number of carbonyl (C=O) groups is 1. The smallest absolute Gasteiger partial charge is 0.343 e. The molecule has 1 aromatic carbocycles. The predicted molar refractivity (Wildman–Crippen MR) is 67.1 cm³/mol. The fourth-order valence-corrected chi connectivity index (χ4v) is 1.21. The van der Waals surface area contributed by atoms with Crippen molar-refractivity contribution < 1.29 is 9.53 Å². The SMILES string of the molecule is CCOC(=O)C(C)=C=Nc1ccc(Br)cc1. The van der Waals surface area contributed by atoms with Gasteiger partial charge in [0.15, 0.2) is 0 Å². The summed E-state index contributed by atoms with van der Waals surface area (Å²) in [5, 5.41) is 0. The quantitative estimate of drug-likeness (QED) is 0.485. The molecule has 0 aliphatic heterocycles. The van der Waals surface area contributed by atoms with Crippen LogP contribution in [-0.2, 0) is 9.53 Å². The van der Waals surface area contributed by atoms with Gasteiger partial charge in [-0.05, 0) is 44.0 Å². The van der Waals surface area contributed by atoms with Crippen LogP contribution in [0.5, 0.6) is 0 Å². The number of benzene rings is 1. The maximum atomic E-state index is 11.2. The van der Waals surface area contributed by atoms with Crippen molar-refractivity contribution in [2.24, 2.45) is 4.99 Å². The van der Waals surface area contributed by atoms with Crippen LogP contribution in [0.4, 0.5) is 5.69 Å². The fraction of sp³-hybridized carbons (Fsp3) is 0.250. The second kappa shape index (κ2) is 6.26. The molecule has 84 valence electrons. The Labute approximate surface area is 103 Å². The van der Waals surface area contributed by atoms with Crippen LogP contribution in [-0.4, -0.2) is 18.4 Å². The van der Waals surface area contributed by atoms with Gasteiger partial charge in [-0.1, -0.05) is 15.9 Å². The maximum Gasteiger partial charge on any atom is 0.343 e. The van der Waals surface area contributed by atoms with Crippen molar-refractivity contribution in [3.05, 3.63) is 34.3 Å². The van der Waals surface area contributed by atoms with Crippen LogP contribution in [0.3, 0.4) is 0 Å². The monoisotopic (exact) mass is 281 g/mol. The van der Waals surface area contributed by atoms with Gasteiger partial charge in [-0.3, -0.25) is 0 Å². The normalized spacial score (nSPS) is 9.19. The third-order valence-electron chi connectivity index (χ3n) is 1.76. The summed E-state index contributed by atoms with van der Waals surface area (Å²) in [6, 6.07) is 7.41. The molecule has 0 aromatic heterocycles. The fourth-order valence-electron chi connectivity index (χ4n) is 0.949. The number of hydrogen-bond acceptors (Lipinski definition) is 3. The first-order chi connectivity index (χ1) is 7.63. The van der Waals surface area contributed by atoms with E-state index in [4.69, 9.17) is 4.74 Å². The second-order valence-electron chi connectivity index (χ2n) is 3.05. The van der Waals surface area contributed by atoms with Gasteiger partial charge in [-0.15, -0.1) is 0 Å². The van der Waals surface area contributed by atoms with Gasteiger partial charge >= 0.3 is 5.97 Å². The molecule has 0 fully saturated rings. The molecular formula is C12H12BrNO2. The molecule has 3 nitrogen and oxygen atoms in total. The minimum absolute atomic E-state index is 0.357. The molecule has 0 aliphatic carbocycles. The van der Waals surface area contributed by atoms with Gasteiger partial charge in [0.25, 0.3) is 0 Å². The molecule has 0 heterocycles. The number of aliphatic imine (C=N–C) groups is 1. The Morgan fingerprint density at radius 2 is 2.06 bits per heavy atom. The molecule has 0 amide bonds. The van der Waals surface area contributed by atoms with Crippen LogP contribution in [0.2, 0.25) is 0 Å². The van der Waals surface area contributed by atoms with E-state index in [9.17, 15) is 4.79 Å². The first kappa shape index (κ1) is 12.7. The van der Waals surface area contributed by atoms with Crippen molar-refractivity contribution in [1.82, 2.24) is 0 Å². The highest BCUT2D eigenvalue weighted by molar-refractivity contribution is 9.10. The van der Waals surface area contributed by atoms with Crippen LogP contribution >= 0.6 is 15.9 Å².